The molecule has 2 aromatic rings. The summed E-state index contributed by atoms with van der Waals surface area (Å²) in [4.78, 5) is 16.9. The fourth-order valence-electron chi connectivity index (χ4n) is 3.19. The molecule has 1 aliphatic rings. The Labute approximate surface area is 143 Å². The molecule has 1 saturated heterocycles. The van der Waals surface area contributed by atoms with Gasteiger partial charge in [-0.15, -0.1) is 0 Å². The van der Waals surface area contributed by atoms with Crippen LogP contribution in [-0.2, 0) is 11.2 Å². The second-order valence-corrected chi connectivity index (χ2v) is 6.18. The van der Waals surface area contributed by atoms with Crippen molar-refractivity contribution in [2.45, 2.75) is 13.3 Å². The van der Waals surface area contributed by atoms with Crippen molar-refractivity contribution in [3.8, 4) is 5.75 Å². The minimum Gasteiger partial charge on any atom is -0.496 e. The van der Waals surface area contributed by atoms with Crippen LogP contribution in [0.5, 0.6) is 5.75 Å². The molecular weight excluding hydrogens is 300 g/mol. The van der Waals surface area contributed by atoms with Crippen LogP contribution in [0.25, 0.3) is 0 Å². The summed E-state index contributed by atoms with van der Waals surface area (Å²) in [5.41, 5.74) is 3.34. The number of rotatable bonds is 4. The highest BCUT2D eigenvalue weighted by atomic mass is 16.5. The van der Waals surface area contributed by atoms with E-state index < -0.39 is 0 Å². The lowest BCUT2D eigenvalue weighted by molar-refractivity contribution is -0.130. The summed E-state index contributed by atoms with van der Waals surface area (Å²) in [5, 5.41) is 0. The van der Waals surface area contributed by atoms with Crippen molar-refractivity contribution in [1.82, 2.24) is 4.90 Å². The summed E-state index contributed by atoms with van der Waals surface area (Å²) in [6, 6.07) is 16.3. The normalized spacial score (nSPS) is 14.6. The van der Waals surface area contributed by atoms with Gasteiger partial charge in [0.05, 0.1) is 13.5 Å². The molecule has 0 radical (unpaired) electrons. The van der Waals surface area contributed by atoms with Crippen molar-refractivity contribution in [2.75, 3.05) is 38.2 Å². The summed E-state index contributed by atoms with van der Waals surface area (Å²) in [7, 11) is 1.67. The smallest absolute Gasteiger partial charge is 0.227 e. The third-order valence-electron chi connectivity index (χ3n) is 4.57. The number of nitrogens with zero attached hydrogens (tertiary/aromatic N) is 2. The minimum absolute atomic E-state index is 0.201. The summed E-state index contributed by atoms with van der Waals surface area (Å²) < 4.78 is 5.27. The van der Waals surface area contributed by atoms with E-state index in [2.05, 4.69) is 29.2 Å². The molecule has 0 saturated carbocycles. The number of hydrogen-bond acceptors (Lipinski definition) is 3. The van der Waals surface area contributed by atoms with Gasteiger partial charge in [-0.25, -0.2) is 0 Å². The molecule has 1 aliphatic heterocycles. The average molecular weight is 324 g/mol. The van der Waals surface area contributed by atoms with Gasteiger partial charge in [-0.05, 0) is 36.2 Å². The summed E-state index contributed by atoms with van der Waals surface area (Å²) in [5.74, 6) is 1.06. The predicted molar refractivity (Wildman–Crippen MR) is 96.7 cm³/mol. The standard InChI is InChI=1S/C20H24N2O2/c1-16-14-17(8-9-19(16)24-2)15-20(23)22-12-10-21(11-13-22)18-6-4-3-5-7-18/h3-9,14H,10-13,15H2,1-2H3. The SMILES string of the molecule is COc1ccc(CC(=O)N2CCN(c3ccccc3)CC2)cc1C. The third-order valence-corrected chi connectivity index (χ3v) is 4.57. The van der Waals surface area contributed by atoms with E-state index in [9.17, 15) is 4.79 Å². The van der Waals surface area contributed by atoms with Crippen LogP contribution in [-0.4, -0.2) is 44.1 Å². The van der Waals surface area contributed by atoms with E-state index in [-0.39, 0.29) is 5.91 Å². The van der Waals surface area contributed by atoms with Crippen LogP contribution in [0.15, 0.2) is 48.5 Å². The Morgan fingerprint density at radius 2 is 1.75 bits per heavy atom. The van der Waals surface area contributed by atoms with Gasteiger partial charge in [0.2, 0.25) is 5.91 Å². The van der Waals surface area contributed by atoms with Gasteiger partial charge in [-0.3, -0.25) is 4.79 Å². The molecule has 4 nitrogen and oxygen atoms in total. The molecule has 4 heteroatoms. The largest absolute Gasteiger partial charge is 0.496 e. The topological polar surface area (TPSA) is 32.8 Å². The van der Waals surface area contributed by atoms with E-state index in [0.717, 1.165) is 43.1 Å². The number of ether oxygens (including phenoxy) is 1. The Balaban J connectivity index is 1.56. The number of piperazine rings is 1. The van der Waals surface area contributed by atoms with Crippen LogP contribution in [0.1, 0.15) is 11.1 Å². The van der Waals surface area contributed by atoms with Crippen molar-refractivity contribution >= 4 is 11.6 Å². The number of carbonyl (C=O) groups excluding carboxylic acids is 1. The van der Waals surface area contributed by atoms with E-state index in [0.29, 0.717) is 6.42 Å². The second-order valence-electron chi connectivity index (χ2n) is 6.18. The van der Waals surface area contributed by atoms with Crippen LogP contribution < -0.4 is 9.64 Å². The van der Waals surface area contributed by atoms with Gasteiger partial charge in [0.15, 0.2) is 0 Å². The summed E-state index contributed by atoms with van der Waals surface area (Å²) >= 11 is 0. The molecule has 0 N–H and O–H groups in total. The van der Waals surface area contributed by atoms with Crippen LogP contribution in [0.2, 0.25) is 0 Å². The van der Waals surface area contributed by atoms with Crippen molar-refractivity contribution < 1.29 is 9.53 Å². The lowest BCUT2D eigenvalue weighted by Crippen LogP contribution is -2.49. The number of carbonyl (C=O) groups is 1. The minimum atomic E-state index is 0.201. The quantitative estimate of drug-likeness (QED) is 0.867. The van der Waals surface area contributed by atoms with Crippen LogP contribution >= 0.6 is 0 Å². The Bertz CT molecular complexity index is 692. The monoisotopic (exact) mass is 324 g/mol. The van der Waals surface area contributed by atoms with E-state index in [1.807, 2.05) is 36.1 Å². The number of aryl methyl sites for hydroxylation is 1. The van der Waals surface area contributed by atoms with Gasteiger partial charge >= 0.3 is 0 Å². The molecule has 0 bridgehead atoms. The zero-order valence-corrected chi connectivity index (χ0v) is 14.4. The third kappa shape index (κ3) is 3.70. The molecule has 24 heavy (non-hydrogen) atoms. The van der Waals surface area contributed by atoms with E-state index in [1.54, 1.807) is 7.11 Å². The van der Waals surface area contributed by atoms with Gasteiger partial charge in [0, 0.05) is 31.9 Å². The lowest BCUT2D eigenvalue weighted by Gasteiger charge is -2.36. The highest BCUT2D eigenvalue weighted by Crippen LogP contribution is 2.20. The summed E-state index contributed by atoms with van der Waals surface area (Å²) in [6.07, 6.45) is 0.455. The van der Waals surface area contributed by atoms with E-state index >= 15 is 0 Å². The number of hydrogen-bond donors (Lipinski definition) is 0. The van der Waals surface area contributed by atoms with Crippen molar-refractivity contribution in [1.29, 1.82) is 0 Å². The molecule has 3 rings (SSSR count). The van der Waals surface area contributed by atoms with E-state index in [1.165, 1.54) is 5.69 Å². The Morgan fingerprint density at radius 3 is 2.38 bits per heavy atom. The number of anilines is 1. The average Bonchev–Trinajstić information content (AvgIpc) is 2.63. The molecule has 0 atom stereocenters. The number of benzene rings is 2. The molecule has 0 spiro atoms. The van der Waals surface area contributed by atoms with Crippen LogP contribution in [0.3, 0.4) is 0 Å². The summed E-state index contributed by atoms with van der Waals surface area (Å²) in [6.45, 7) is 5.34. The second kappa shape index (κ2) is 7.39. The first kappa shape index (κ1) is 16.4. The number of amides is 1. The Kier molecular flexibility index (Phi) is 5.04. The molecule has 126 valence electrons. The molecule has 0 unspecified atom stereocenters. The molecule has 1 fully saturated rings. The maximum atomic E-state index is 12.6. The zero-order chi connectivity index (χ0) is 16.9. The number of methoxy groups -OCH3 is 1. The van der Waals surface area contributed by atoms with Crippen molar-refractivity contribution in [3.63, 3.8) is 0 Å². The lowest BCUT2D eigenvalue weighted by atomic mass is 10.1. The first-order chi connectivity index (χ1) is 11.7. The zero-order valence-electron chi connectivity index (χ0n) is 14.4. The molecule has 1 heterocycles. The fourth-order valence-corrected chi connectivity index (χ4v) is 3.19. The molecule has 1 amide bonds. The van der Waals surface area contributed by atoms with Crippen LogP contribution in [0, 0.1) is 6.92 Å². The molecule has 2 aromatic carbocycles. The molecular formula is C20H24N2O2. The van der Waals surface area contributed by atoms with Gasteiger partial charge in [-0.1, -0.05) is 30.3 Å². The first-order valence-corrected chi connectivity index (χ1v) is 8.38. The van der Waals surface area contributed by atoms with Crippen molar-refractivity contribution in [3.05, 3.63) is 59.7 Å². The highest BCUT2D eigenvalue weighted by Gasteiger charge is 2.21. The highest BCUT2D eigenvalue weighted by molar-refractivity contribution is 5.79. The predicted octanol–water partition coefficient (Wildman–Crippen LogP) is 2.89. The fraction of sp³-hybridized carbons (Fsp3) is 0.350. The first-order valence-electron chi connectivity index (χ1n) is 8.38. The van der Waals surface area contributed by atoms with E-state index in [4.69, 9.17) is 4.74 Å². The Morgan fingerprint density at radius 1 is 1.04 bits per heavy atom. The van der Waals surface area contributed by atoms with Crippen molar-refractivity contribution in [2.24, 2.45) is 0 Å². The van der Waals surface area contributed by atoms with Crippen LogP contribution in [0.4, 0.5) is 5.69 Å². The van der Waals surface area contributed by atoms with Gasteiger partial charge in [0.1, 0.15) is 5.75 Å². The maximum absolute atomic E-state index is 12.6. The van der Waals surface area contributed by atoms with Gasteiger partial charge in [-0.2, -0.15) is 0 Å². The molecule has 0 aliphatic carbocycles. The number of para-hydroxylation sites is 1. The molecule has 0 aromatic heterocycles. The maximum Gasteiger partial charge on any atom is 0.227 e. The Hall–Kier alpha value is -2.49. The van der Waals surface area contributed by atoms with Gasteiger partial charge < -0.3 is 14.5 Å². The van der Waals surface area contributed by atoms with Gasteiger partial charge in [0.25, 0.3) is 0 Å².